The summed E-state index contributed by atoms with van der Waals surface area (Å²) in [6.45, 7) is 2.89. The Hall–Kier alpha value is -1.40. The fraction of sp³-hybridized carbons (Fsp3) is 0.667. The van der Waals surface area contributed by atoms with Crippen LogP contribution in [0.2, 0.25) is 0 Å². The molecule has 0 aliphatic carbocycles. The smallest absolute Gasteiger partial charge is 0.254 e. The van der Waals surface area contributed by atoms with Crippen molar-refractivity contribution in [2.24, 2.45) is 7.05 Å². The molecule has 1 aromatic heterocycles. The summed E-state index contributed by atoms with van der Waals surface area (Å²) in [4.78, 5) is 12.1. The molecule has 6 nitrogen and oxygen atoms in total. The molecule has 0 aromatic carbocycles. The third kappa shape index (κ3) is 2.02. The van der Waals surface area contributed by atoms with E-state index in [1.165, 1.54) is 0 Å². The number of nitrogens with zero attached hydrogens (tertiary/aromatic N) is 2. The van der Waals surface area contributed by atoms with Gasteiger partial charge in [0.1, 0.15) is 11.9 Å². The molecule has 0 bridgehead atoms. The maximum Gasteiger partial charge on any atom is 0.254 e. The van der Waals surface area contributed by atoms with E-state index in [1.807, 2.05) is 20.0 Å². The molecule has 2 saturated heterocycles. The second-order valence-corrected chi connectivity index (χ2v) is 5.03. The zero-order chi connectivity index (χ0) is 12.7. The van der Waals surface area contributed by atoms with Crippen LogP contribution in [0.1, 0.15) is 18.5 Å². The van der Waals surface area contributed by atoms with Crippen LogP contribution < -0.4 is 10.6 Å². The van der Waals surface area contributed by atoms with Gasteiger partial charge in [-0.25, -0.2) is 0 Å². The third-order valence-corrected chi connectivity index (χ3v) is 3.64. The molecular formula is C12H18N4O2. The van der Waals surface area contributed by atoms with Crippen LogP contribution in [0.4, 0.5) is 5.82 Å². The summed E-state index contributed by atoms with van der Waals surface area (Å²) in [5.41, 5.74) is 0.888. The molecule has 0 saturated carbocycles. The van der Waals surface area contributed by atoms with Crippen molar-refractivity contribution in [1.82, 2.24) is 15.1 Å². The Morgan fingerprint density at radius 1 is 1.67 bits per heavy atom. The summed E-state index contributed by atoms with van der Waals surface area (Å²) in [7, 11) is 1.81. The van der Waals surface area contributed by atoms with E-state index < -0.39 is 0 Å². The van der Waals surface area contributed by atoms with Crippen LogP contribution in [0, 0.1) is 6.92 Å². The molecular weight excluding hydrogens is 232 g/mol. The number of aryl methyl sites for hydroxylation is 2. The standard InChI is InChI=1S/C12H18N4O2/c1-7-5-11(16(2)15-7)14-12(17)10-6-8-9(18-10)3-4-13-8/h5,8-10,13H,3-4,6H2,1-2H3,(H,14,17)/t8-,9-,10+/m1/s1. The number of ether oxygens (including phenoxy) is 1. The first-order valence-corrected chi connectivity index (χ1v) is 6.34. The van der Waals surface area contributed by atoms with Gasteiger partial charge in [0.25, 0.3) is 5.91 Å². The van der Waals surface area contributed by atoms with Gasteiger partial charge in [-0.3, -0.25) is 9.48 Å². The number of carbonyl (C=O) groups excluding carboxylic acids is 1. The van der Waals surface area contributed by atoms with Crippen LogP contribution in [0.5, 0.6) is 0 Å². The topological polar surface area (TPSA) is 68.2 Å². The molecule has 2 aliphatic heterocycles. The number of hydrogen-bond donors (Lipinski definition) is 2. The average Bonchev–Trinajstić information content (AvgIpc) is 2.93. The fourth-order valence-corrected chi connectivity index (χ4v) is 2.74. The van der Waals surface area contributed by atoms with E-state index in [0.29, 0.717) is 11.9 Å². The fourth-order valence-electron chi connectivity index (χ4n) is 2.74. The van der Waals surface area contributed by atoms with E-state index in [9.17, 15) is 4.79 Å². The molecule has 3 heterocycles. The van der Waals surface area contributed by atoms with Gasteiger partial charge in [-0.2, -0.15) is 5.10 Å². The lowest BCUT2D eigenvalue weighted by molar-refractivity contribution is -0.126. The summed E-state index contributed by atoms with van der Waals surface area (Å²) < 4.78 is 7.43. The number of aromatic nitrogens is 2. The highest BCUT2D eigenvalue weighted by molar-refractivity contribution is 5.93. The molecule has 18 heavy (non-hydrogen) atoms. The van der Waals surface area contributed by atoms with E-state index in [1.54, 1.807) is 4.68 Å². The van der Waals surface area contributed by atoms with Crippen molar-refractivity contribution in [2.75, 3.05) is 11.9 Å². The maximum atomic E-state index is 12.1. The summed E-state index contributed by atoms with van der Waals surface area (Å²) in [6.07, 6.45) is 1.61. The number of fused-ring (bicyclic) bond motifs is 1. The number of anilines is 1. The Morgan fingerprint density at radius 2 is 2.50 bits per heavy atom. The van der Waals surface area contributed by atoms with Crippen molar-refractivity contribution < 1.29 is 9.53 Å². The molecule has 3 rings (SSSR count). The molecule has 1 aromatic rings. The van der Waals surface area contributed by atoms with Crippen LogP contribution in [-0.2, 0) is 16.6 Å². The SMILES string of the molecule is Cc1cc(NC(=O)[C@@H]2C[C@H]3NCC[C@H]3O2)n(C)n1. The number of rotatable bonds is 2. The van der Waals surface area contributed by atoms with E-state index >= 15 is 0 Å². The van der Waals surface area contributed by atoms with Gasteiger partial charge >= 0.3 is 0 Å². The van der Waals surface area contributed by atoms with Crippen LogP contribution in [0.15, 0.2) is 6.07 Å². The molecule has 0 spiro atoms. The van der Waals surface area contributed by atoms with Crippen LogP contribution in [0.25, 0.3) is 0 Å². The Balaban J connectivity index is 1.64. The number of nitrogens with one attached hydrogen (secondary N) is 2. The lowest BCUT2D eigenvalue weighted by Gasteiger charge is -2.12. The van der Waals surface area contributed by atoms with Crippen molar-refractivity contribution in [2.45, 2.75) is 38.0 Å². The average molecular weight is 250 g/mol. The minimum Gasteiger partial charge on any atom is -0.363 e. The first kappa shape index (κ1) is 11.7. The zero-order valence-electron chi connectivity index (χ0n) is 10.6. The predicted octanol–water partition coefficient (Wildman–Crippen LogP) is 0.186. The molecule has 1 amide bonds. The zero-order valence-corrected chi connectivity index (χ0v) is 10.6. The predicted molar refractivity (Wildman–Crippen MR) is 66.3 cm³/mol. The molecule has 3 atom stereocenters. The molecule has 2 N–H and O–H groups in total. The first-order chi connectivity index (χ1) is 8.63. The minimum atomic E-state index is -0.344. The van der Waals surface area contributed by atoms with Crippen LogP contribution in [0.3, 0.4) is 0 Å². The summed E-state index contributed by atoms with van der Waals surface area (Å²) in [5, 5.41) is 10.4. The second kappa shape index (κ2) is 4.37. The maximum absolute atomic E-state index is 12.1. The third-order valence-electron chi connectivity index (χ3n) is 3.64. The van der Waals surface area contributed by atoms with Gasteiger partial charge in [0.2, 0.25) is 0 Å². The highest BCUT2D eigenvalue weighted by Crippen LogP contribution is 2.27. The Bertz CT molecular complexity index is 459. The number of hydrogen-bond acceptors (Lipinski definition) is 4. The monoisotopic (exact) mass is 250 g/mol. The lowest BCUT2D eigenvalue weighted by Crippen LogP contribution is -2.30. The van der Waals surface area contributed by atoms with Gasteiger partial charge in [0.15, 0.2) is 0 Å². The van der Waals surface area contributed by atoms with E-state index in [2.05, 4.69) is 15.7 Å². The highest BCUT2D eigenvalue weighted by Gasteiger charge is 2.41. The van der Waals surface area contributed by atoms with Crippen molar-refractivity contribution >= 4 is 11.7 Å². The Morgan fingerprint density at radius 3 is 3.17 bits per heavy atom. The summed E-state index contributed by atoms with van der Waals surface area (Å²) >= 11 is 0. The van der Waals surface area contributed by atoms with Gasteiger partial charge in [-0.15, -0.1) is 0 Å². The van der Waals surface area contributed by atoms with E-state index in [0.717, 1.165) is 25.1 Å². The second-order valence-electron chi connectivity index (χ2n) is 5.03. The van der Waals surface area contributed by atoms with Crippen LogP contribution in [-0.4, -0.2) is 40.5 Å². The van der Waals surface area contributed by atoms with Gasteiger partial charge in [0, 0.05) is 25.6 Å². The lowest BCUT2D eigenvalue weighted by atomic mass is 10.1. The normalized spacial score (nSPS) is 30.4. The van der Waals surface area contributed by atoms with Gasteiger partial charge in [0.05, 0.1) is 11.8 Å². The van der Waals surface area contributed by atoms with Crippen molar-refractivity contribution in [3.05, 3.63) is 11.8 Å². The molecule has 6 heteroatoms. The Labute approximate surface area is 106 Å². The molecule has 2 fully saturated rings. The largest absolute Gasteiger partial charge is 0.363 e. The molecule has 0 unspecified atom stereocenters. The number of amides is 1. The van der Waals surface area contributed by atoms with E-state index in [-0.39, 0.29) is 18.1 Å². The highest BCUT2D eigenvalue weighted by atomic mass is 16.5. The van der Waals surface area contributed by atoms with Crippen molar-refractivity contribution in [1.29, 1.82) is 0 Å². The minimum absolute atomic E-state index is 0.0748. The van der Waals surface area contributed by atoms with Gasteiger partial charge in [-0.05, 0) is 19.9 Å². The van der Waals surface area contributed by atoms with Crippen molar-refractivity contribution in [3.63, 3.8) is 0 Å². The van der Waals surface area contributed by atoms with Crippen LogP contribution >= 0.6 is 0 Å². The summed E-state index contributed by atoms with van der Waals surface area (Å²) in [6, 6.07) is 2.19. The van der Waals surface area contributed by atoms with Crippen molar-refractivity contribution in [3.8, 4) is 0 Å². The van der Waals surface area contributed by atoms with Gasteiger partial charge < -0.3 is 15.4 Å². The molecule has 0 radical (unpaired) electrons. The molecule has 2 aliphatic rings. The quantitative estimate of drug-likeness (QED) is 0.786. The summed E-state index contributed by atoms with van der Waals surface area (Å²) in [5.74, 6) is 0.639. The number of carbonyl (C=O) groups is 1. The van der Waals surface area contributed by atoms with Gasteiger partial charge in [-0.1, -0.05) is 0 Å². The van der Waals surface area contributed by atoms with E-state index in [4.69, 9.17) is 4.74 Å². The Kier molecular flexibility index (Phi) is 2.83. The molecule has 98 valence electrons. The first-order valence-electron chi connectivity index (χ1n) is 6.34.